The van der Waals surface area contributed by atoms with E-state index in [1.165, 1.54) is 0 Å². The molecule has 0 aromatic heterocycles. The molecule has 0 spiro atoms. The van der Waals surface area contributed by atoms with Crippen LogP contribution in [0.5, 0.6) is 17.2 Å². The molecule has 0 radical (unpaired) electrons. The monoisotopic (exact) mass is 433 g/mol. The Morgan fingerprint density at radius 3 is 2.19 bits per heavy atom. The van der Waals surface area contributed by atoms with Crippen molar-refractivity contribution in [2.45, 2.75) is 26.7 Å². The minimum absolute atomic E-state index is 0.205. The van der Waals surface area contributed by atoms with E-state index in [-0.39, 0.29) is 18.4 Å². The van der Waals surface area contributed by atoms with Crippen LogP contribution < -0.4 is 19.5 Å². The van der Waals surface area contributed by atoms with Gasteiger partial charge in [-0.3, -0.25) is 4.79 Å². The van der Waals surface area contributed by atoms with E-state index in [2.05, 4.69) is 19.2 Å². The van der Waals surface area contributed by atoms with Crippen LogP contribution in [0, 0.1) is 6.92 Å². The largest absolute Gasteiger partial charge is 0.497 e. The Hall–Kier alpha value is -3.80. The molecule has 0 saturated carbocycles. The van der Waals surface area contributed by atoms with Crippen LogP contribution in [0.4, 0.5) is 5.69 Å². The third kappa shape index (κ3) is 6.11. The molecule has 3 aromatic carbocycles. The highest BCUT2D eigenvalue weighted by atomic mass is 16.6. The first-order chi connectivity index (χ1) is 15.4. The van der Waals surface area contributed by atoms with Gasteiger partial charge in [-0.1, -0.05) is 26.0 Å². The predicted molar refractivity (Wildman–Crippen MR) is 124 cm³/mol. The van der Waals surface area contributed by atoms with Crippen molar-refractivity contribution in [1.29, 1.82) is 0 Å². The number of methoxy groups -OCH3 is 1. The maximum atomic E-state index is 12.4. The third-order valence-electron chi connectivity index (χ3n) is 4.83. The smallest absolute Gasteiger partial charge is 0.349 e. The summed E-state index contributed by atoms with van der Waals surface area (Å²) in [6, 6.07) is 19.3. The number of amides is 1. The van der Waals surface area contributed by atoms with Crippen molar-refractivity contribution in [3.63, 3.8) is 0 Å². The van der Waals surface area contributed by atoms with Gasteiger partial charge in [-0.25, -0.2) is 4.79 Å². The normalized spacial score (nSPS) is 10.5. The summed E-state index contributed by atoms with van der Waals surface area (Å²) in [6.45, 7) is 5.91. The Kier molecular flexibility index (Phi) is 7.49. The number of ether oxygens (including phenoxy) is 3. The molecule has 3 rings (SSSR count). The lowest BCUT2D eigenvalue weighted by atomic mass is 10.0. The van der Waals surface area contributed by atoms with Crippen molar-refractivity contribution in [3.8, 4) is 17.2 Å². The summed E-state index contributed by atoms with van der Waals surface area (Å²) in [5, 5.41) is 2.80. The maximum absolute atomic E-state index is 12.4. The van der Waals surface area contributed by atoms with Crippen molar-refractivity contribution < 1.29 is 23.8 Å². The number of nitrogens with one attached hydrogen (secondary N) is 1. The van der Waals surface area contributed by atoms with E-state index in [1.54, 1.807) is 55.6 Å². The van der Waals surface area contributed by atoms with Gasteiger partial charge in [0.1, 0.15) is 17.2 Å². The molecule has 0 atom stereocenters. The van der Waals surface area contributed by atoms with E-state index in [1.807, 2.05) is 25.1 Å². The van der Waals surface area contributed by atoms with Crippen LogP contribution >= 0.6 is 0 Å². The zero-order valence-corrected chi connectivity index (χ0v) is 18.7. The summed E-state index contributed by atoms with van der Waals surface area (Å²) in [6.07, 6.45) is 0. The topological polar surface area (TPSA) is 73.9 Å². The van der Waals surface area contributed by atoms with Crippen LogP contribution in [0.2, 0.25) is 0 Å². The summed E-state index contributed by atoms with van der Waals surface area (Å²) in [5.74, 6) is 1.23. The van der Waals surface area contributed by atoms with E-state index >= 15 is 0 Å². The second kappa shape index (κ2) is 10.5. The van der Waals surface area contributed by atoms with Crippen LogP contribution in [0.3, 0.4) is 0 Å². The molecule has 0 unspecified atom stereocenters. The average Bonchev–Trinajstić information content (AvgIpc) is 2.78. The van der Waals surface area contributed by atoms with Gasteiger partial charge in [-0.05, 0) is 78.6 Å². The number of benzene rings is 3. The fourth-order valence-electron chi connectivity index (χ4n) is 3.09. The molecule has 6 nitrogen and oxygen atoms in total. The molecule has 0 saturated heterocycles. The molecular weight excluding hydrogens is 406 g/mol. The molecule has 0 aliphatic carbocycles. The van der Waals surface area contributed by atoms with Crippen molar-refractivity contribution >= 4 is 17.6 Å². The number of anilines is 1. The zero-order chi connectivity index (χ0) is 23.1. The molecular formula is C26H27NO5. The molecule has 166 valence electrons. The van der Waals surface area contributed by atoms with Crippen molar-refractivity contribution in [1.82, 2.24) is 0 Å². The second-order valence-corrected chi connectivity index (χ2v) is 7.67. The van der Waals surface area contributed by atoms with Crippen LogP contribution in [0.1, 0.15) is 41.3 Å². The standard InChI is InChI=1S/C26H27NO5/c1-17(2)23-14-5-18(3)15-24(23)31-16-25(28)32-22-10-6-19(7-11-22)26(29)27-20-8-12-21(30-4)13-9-20/h5-15,17H,16H2,1-4H3,(H,27,29). The molecule has 3 aromatic rings. The molecule has 1 N–H and O–H groups in total. The summed E-state index contributed by atoms with van der Waals surface area (Å²) < 4.78 is 16.2. The van der Waals surface area contributed by atoms with Gasteiger partial charge in [-0.2, -0.15) is 0 Å². The fraction of sp³-hybridized carbons (Fsp3) is 0.231. The van der Waals surface area contributed by atoms with E-state index in [4.69, 9.17) is 14.2 Å². The first-order valence-corrected chi connectivity index (χ1v) is 10.3. The Balaban J connectivity index is 1.55. The molecule has 0 heterocycles. The molecule has 32 heavy (non-hydrogen) atoms. The van der Waals surface area contributed by atoms with Crippen molar-refractivity contribution in [2.24, 2.45) is 0 Å². The zero-order valence-electron chi connectivity index (χ0n) is 18.7. The molecule has 0 bridgehead atoms. The third-order valence-corrected chi connectivity index (χ3v) is 4.83. The van der Waals surface area contributed by atoms with Gasteiger partial charge in [0.2, 0.25) is 0 Å². The van der Waals surface area contributed by atoms with Gasteiger partial charge in [0.15, 0.2) is 6.61 Å². The Bertz CT molecular complexity index is 1070. The average molecular weight is 434 g/mol. The number of carbonyl (C=O) groups excluding carboxylic acids is 2. The van der Waals surface area contributed by atoms with Crippen molar-refractivity contribution in [3.05, 3.63) is 83.4 Å². The Morgan fingerprint density at radius 1 is 0.906 bits per heavy atom. The Labute approximate surface area is 188 Å². The summed E-state index contributed by atoms with van der Waals surface area (Å²) in [7, 11) is 1.58. The molecule has 0 aliphatic heterocycles. The first-order valence-electron chi connectivity index (χ1n) is 10.3. The van der Waals surface area contributed by atoms with E-state index in [9.17, 15) is 9.59 Å². The number of esters is 1. The van der Waals surface area contributed by atoms with E-state index in [0.717, 1.165) is 11.1 Å². The number of hydrogen-bond acceptors (Lipinski definition) is 5. The van der Waals surface area contributed by atoms with Gasteiger partial charge >= 0.3 is 5.97 Å². The summed E-state index contributed by atoms with van der Waals surface area (Å²) in [5.41, 5.74) is 3.19. The lowest BCUT2D eigenvalue weighted by Gasteiger charge is -2.14. The summed E-state index contributed by atoms with van der Waals surface area (Å²) >= 11 is 0. The SMILES string of the molecule is COc1ccc(NC(=O)c2ccc(OC(=O)COc3cc(C)ccc3C(C)C)cc2)cc1. The van der Waals surface area contributed by atoms with E-state index in [0.29, 0.717) is 28.5 Å². The maximum Gasteiger partial charge on any atom is 0.349 e. The number of carbonyl (C=O) groups is 2. The second-order valence-electron chi connectivity index (χ2n) is 7.67. The van der Waals surface area contributed by atoms with Crippen molar-refractivity contribution in [2.75, 3.05) is 19.0 Å². The number of aryl methyl sites for hydroxylation is 1. The highest BCUT2D eigenvalue weighted by molar-refractivity contribution is 6.04. The first kappa shape index (κ1) is 22.9. The van der Waals surface area contributed by atoms with Crippen LogP contribution in [0.15, 0.2) is 66.7 Å². The predicted octanol–water partition coefficient (Wildman–Crippen LogP) is 5.36. The van der Waals surface area contributed by atoms with Crippen LogP contribution in [0.25, 0.3) is 0 Å². The van der Waals surface area contributed by atoms with Gasteiger partial charge in [-0.15, -0.1) is 0 Å². The Morgan fingerprint density at radius 2 is 1.56 bits per heavy atom. The van der Waals surface area contributed by atoms with Gasteiger partial charge in [0.05, 0.1) is 7.11 Å². The van der Waals surface area contributed by atoms with Crippen LogP contribution in [-0.2, 0) is 4.79 Å². The van der Waals surface area contributed by atoms with Gasteiger partial charge in [0, 0.05) is 11.3 Å². The minimum Gasteiger partial charge on any atom is -0.497 e. The molecule has 0 aliphatic rings. The fourth-order valence-corrected chi connectivity index (χ4v) is 3.09. The molecule has 1 amide bonds. The number of rotatable bonds is 8. The highest BCUT2D eigenvalue weighted by Crippen LogP contribution is 2.27. The van der Waals surface area contributed by atoms with Gasteiger partial charge in [0.25, 0.3) is 5.91 Å². The van der Waals surface area contributed by atoms with E-state index < -0.39 is 5.97 Å². The molecule has 6 heteroatoms. The van der Waals surface area contributed by atoms with Crippen LogP contribution in [-0.4, -0.2) is 25.6 Å². The molecule has 0 fully saturated rings. The van der Waals surface area contributed by atoms with Gasteiger partial charge < -0.3 is 19.5 Å². The minimum atomic E-state index is -0.517. The number of hydrogen-bond donors (Lipinski definition) is 1. The lowest BCUT2D eigenvalue weighted by molar-refractivity contribution is -0.136. The quantitative estimate of drug-likeness (QED) is 0.382. The summed E-state index contributed by atoms with van der Waals surface area (Å²) in [4.78, 5) is 24.6. The highest BCUT2D eigenvalue weighted by Gasteiger charge is 2.12. The lowest BCUT2D eigenvalue weighted by Crippen LogP contribution is -2.18.